The van der Waals surface area contributed by atoms with Gasteiger partial charge in [0, 0.05) is 0 Å². The minimum atomic E-state index is -0.174. The lowest BCUT2D eigenvalue weighted by molar-refractivity contribution is -0.120. The van der Waals surface area contributed by atoms with Gasteiger partial charge in [0.25, 0.3) is 0 Å². The number of halogens is 1. The fourth-order valence-corrected chi connectivity index (χ4v) is 2.87. The summed E-state index contributed by atoms with van der Waals surface area (Å²) in [5, 5.41) is 6.67. The second-order valence-electron chi connectivity index (χ2n) is 5.50. The predicted molar refractivity (Wildman–Crippen MR) is 101 cm³/mol. The Bertz CT molecular complexity index is 933. The van der Waals surface area contributed by atoms with Gasteiger partial charge >= 0.3 is 0 Å². The molecule has 5 heteroatoms. The minimum absolute atomic E-state index is 0.174. The molecule has 0 heterocycles. The van der Waals surface area contributed by atoms with E-state index >= 15 is 0 Å². The van der Waals surface area contributed by atoms with Crippen LogP contribution in [0.15, 0.2) is 65.8 Å². The van der Waals surface area contributed by atoms with Gasteiger partial charge in [0.05, 0.1) is 24.8 Å². The normalized spacial score (nSPS) is 11.0. The Morgan fingerprint density at radius 2 is 1.96 bits per heavy atom. The van der Waals surface area contributed by atoms with E-state index in [2.05, 4.69) is 10.5 Å². The SMILES string of the molecule is COc1ccc(/C=N/NC(=O)Cc2cccc3ccccc23)cc1Cl. The molecule has 126 valence electrons. The Kier molecular flexibility index (Phi) is 5.31. The maximum atomic E-state index is 12.1. The van der Waals surface area contributed by atoms with Crippen LogP contribution in [0.3, 0.4) is 0 Å². The fraction of sp³-hybridized carbons (Fsp3) is 0.100. The van der Waals surface area contributed by atoms with Gasteiger partial charge in [-0.15, -0.1) is 0 Å². The van der Waals surface area contributed by atoms with E-state index in [0.717, 1.165) is 21.9 Å². The highest BCUT2D eigenvalue weighted by molar-refractivity contribution is 6.32. The van der Waals surface area contributed by atoms with Crippen LogP contribution < -0.4 is 10.2 Å². The molecule has 0 unspecified atom stereocenters. The number of fused-ring (bicyclic) bond motifs is 1. The highest BCUT2D eigenvalue weighted by Crippen LogP contribution is 2.24. The monoisotopic (exact) mass is 352 g/mol. The summed E-state index contributed by atoms with van der Waals surface area (Å²) in [7, 11) is 1.56. The second kappa shape index (κ2) is 7.81. The number of ether oxygens (including phenoxy) is 1. The number of methoxy groups -OCH3 is 1. The van der Waals surface area contributed by atoms with Gasteiger partial charge in [0.1, 0.15) is 5.75 Å². The number of carbonyl (C=O) groups excluding carboxylic acids is 1. The molecule has 0 saturated heterocycles. The van der Waals surface area contributed by atoms with Gasteiger partial charge in [-0.2, -0.15) is 5.10 Å². The van der Waals surface area contributed by atoms with Gasteiger partial charge in [0.15, 0.2) is 0 Å². The van der Waals surface area contributed by atoms with Crippen molar-refractivity contribution < 1.29 is 9.53 Å². The van der Waals surface area contributed by atoms with Crippen molar-refractivity contribution in [2.45, 2.75) is 6.42 Å². The summed E-state index contributed by atoms with van der Waals surface area (Å²) in [5.74, 6) is 0.422. The number of carbonyl (C=O) groups is 1. The number of rotatable bonds is 5. The van der Waals surface area contributed by atoms with Crippen molar-refractivity contribution in [2.75, 3.05) is 7.11 Å². The Morgan fingerprint density at radius 1 is 1.16 bits per heavy atom. The minimum Gasteiger partial charge on any atom is -0.495 e. The molecule has 0 aliphatic rings. The molecular formula is C20H17ClN2O2. The van der Waals surface area contributed by atoms with Gasteiger partial charge in [-0.25, -0.2) is 5.43 Å². The summed E-state index contributed by atoms with van der Waals surface area (Å²) in [6.07, 6.45) is 1.81. The van der Waals surface area contributed by atoms with Crippen LogP contribution in [0.2, 0.25) is 5.02 Å². The number of benzene rings is 3. The van der Waals surface area contributed by atoms with E-state index in [9.17, 15) is 4.79 Å². The van der Waals surface area contributed by atoms with Crippen molar-refractivity contribution in [3.05, 3.63) is 76.8 Å². The molecule has 0 saturated carbocycles. The lowest BCUT2D eigenvalue weighted by Crippen LogP contribution is -2.19. The molecular weight excluding hydrogens is 336 g/mol. The zero-order valence-corrected chi connectivity index (χ0v) is 14.5. The lowest BCUT2D eigenvalue weighted by Gasteiger charge is -2.05. The molecule has 0 spiro atoms. The molecule has 25 heavy (non-hydrogen) atoms. The standard InChI is InChI=1S/C20H17ClN2O2/c1-25-19-10-9-14(11-18(19)21)13-22-23-20(24)12-16-7-4-6-15-5-2-3-8-17(15)16/h2-11,13H,12H2,1H3,(H,23,24)/b22-13+. The van der Waals surface area contributed by atoms with Gasteiger partial charge in [-0.1, -0.05) is 54.1 Å². The maximum Gasteiger partial charge on any atom is 0.244 e. The van der Waals surface area contributed by atoms with Crippen molar-refractivity contribution >= 4 is 34.5 Å². The van der Waals surface area contributed by atoms with Crippen molar-refractivity contribution in [1.29, 1.82) is 0 Å². The van der Waals surface area contributed by atoms with E-state index in [1.807, 2.05) is 48.5 Å². The largest absolute Gasteiger partial charge is 0.495 e. The van der Waals surface area contributed by atoms with Crippen LogP contribution in [0.4, 0.5) is 0 Å². The van der Waals surface area contributed by atoms with Crippen LogP contribution in [0, 0.1) is 0 Å². The third-order valence-electron chi connectivity index (χ3n) is 3.81. The first-order valence-electron chi connectivity index (χ1n) is 7.79. The molecule has 1 amide bonds. The van der Waals surface area contributed by atoms with Crippen LogP contribution in [-0.2, 0) is 11.2 Å². The molecule has 0 aliphatic heterocycles. The third kappa shape index (κ3) is 4.17. The molecule has 3 rings (SSSR count). The number of hydrogen-bond donors (Lipinski definition) is 1. The molecule has 0 atom stereocenters. The van der Waals surface area contributed by atoms with E-state index < -0.39 is 0 Å². The summed E-state index contributed by atoms with van der Waals surface area (Å²) in [6.45, 7) is 0. The highest BCUT2D eigenvalue weighted by atomic mass is 35.5. The topological polar surface area (TPSA) is 50.7 Å². The number of amides is 1. The number of nitrogens with zero attached hydrogens (tertiary/aromatic N) is 1. The molecule has 3 aromatic rings. The van der Waals surface area contributed by atoms with Gasteiger partial charge in [-0.05, 0) is 40.1 Å². The number of hydrogen-bond acceptors (Lipinski definition) is 3. The number of nitrogens with one attached hydrogen (secondary N) is 1. The Labute approximate surface area is 151 Å². The van der Waals surface area contributed by atoms with Crippen LogP contribution in [0.1, 0.15) is 11.1 Å². The molecule has 1 N–H and O–H groups in total. The van der Waals surface area contributed by atoms with Crippen molar-refractivity contribution in [2.24, 2.45) is 5.10 Å². The predicted octanol–water partition coefficient (Wildman–Crippen LogP) is 4.19. The molecule has 0 aliphatic carbocycles. The van der Waals surface area contributed by atoms with E-state index in [1.54, 1.807) is 25.5 Å². The summed E-state index contributed by atoms with van der Waals surface area (Å²) in [5.41, 5.74) is 4.29. The van der Waals surface area contributed by atoms with Gasteiger partial charge in [-0.3, -0.25) is 4.79 Å². The molecule has 0 bridgehead atoms. The van der Waals surface area contributed by atoms with E-state index in [-0.39, 0.29) is 12.3 Å². The fourth-order valence-electron chi connectivity index (χ4n) is 2.60. The summed E-state index contributed by atoms with van der Waals surface area (Å²) < 4.78 is 5.10. The zero-order chi connectivity index (χ0) is 17.6. The molecule has 4 nitrogen and oxygen atoms in total. The van der Waals surface area contributed by atoms with Crippen LogP contribution >= 0.6 is 11.6 Å². The quantitative estimate of drug-likeness (QED) is 0.552. The van der Waals surface area contributed by atoms with Crippen LogP contribution in [0.5, 0.6) is 5.75 Å². The maximum absolute atomic E-state index is 12.1. The van der Waals surface area contributed by atoms with E-state index in [4.69, 9.17) is 16.3 Å². The lowest BCUT2D eigenvalue weighted by atomic mass is 10.0. The zero-order valence-electron chi connectivity index (χ0n) is 13.7. The van der Waals surface area contributed by atoms with Gasteiger partial charge < -0.3 is 4.74 Å². The average Bonchev–Trinajstić information content (AvgIpc) is 2.62. The van der Waals surface area contributed by atoms with Crippen molar-refractivity contribution in [3.63, 3.8) is 0 Å². The van der Waals surface area contributed by atoms with E-state index in [0.29, 0.717) is 10.8 Å². The highest BCUT2D eigenvalue weighted by Gasteiger charge is 2.06. The summed E-state index contributed by atoms with van der Waals surface area (Å²) in [4.78, 5) is 12.1. The molecule has 0 radical (unpaired) electrons. The second-order valence-corrected chi connectivity index (χ2v) is 5.91. The average molecular weight is 353 g/mol. The molecule has 0 fully saturated rings. The van der Waals surface area contributed by atoms with Gasteiger partial charge in [0.2, 0.25) is 5.91 Å². The molecule has 3 aromatic carbocycles. The van der Waals surface area contributed by atoms with Crippen molar-refractivity contribution in [1.82, 2.24) is 5.43 Å². The number of hydrazone groups is 1. The van der Waals surface area contributed by atoms with Crippen molar-refractivity contribution in [3.8, 4) is 5.75 Å². The van der Waals surface area contributed by atoms with E-state index in [1.165, 1.54) is 0 Å². The molecule has 0 aromatic heterocycles. The Balaban J connectivity index is 1.65. The van der Waals surface area contributed by atoms with Crippen LogP contribution in [0.25, 0.3) is 10.8 Å². The Hall–Kier alpha value is -2.85. The first-order valence-corrected chi connectivity index (χ1v) is 8.17. The first kappa shape index (κ1) is 17.0. The first-order chi connectivity index (χ1) is 12.2. The smallest absolute Gasteiger partial charge is 0.244 e. The third-order valence-corrected chi connectivity index (χ3v) is 4.11. The Morgan fingerprint density at radius 3 is 2.76 bits per heavy atom. The summed E-state index contributed by atoms with van der Waals surface area (Å²) in [6, 6.07) is 19.2. The summed E-state index contributed by atoms with van der Waals surface area (Å²) >= 11 is 6.06. The van der Waals surface area contributed by atoms with Crippen LogP contribution in [-0.4, -0.2) is 19.2 Å².